The van der Waals surface area contributed by atoms with Gasteiger partial charge in [0.2, 0.25) is 0 Å². The first-order chi connectivity index (χ1) is 9.70. The molecule has 0 fully saturated rings. The van der Waals surface area contributed by atoms with Gasteiger partial charge in [0.1, 0.15) is 0 Å². The highest BCUT2D eigenvalue weighted by Gasteiger charge is 2.24. The zero-order valence-electron chi connectivity index (χ0n) is 10.8. The van der Waals surface area contributed by atoms with Crippen LogP contribution in [0.2, 0.25) is 0 Å². The number of nitrogens with one attached hydrogen (secondary N) is 1. The van der Waals surface area contributed by atoms with Crippen molar-refractivity contribution in [3.63, 3.8) is 0 Å². The van der Waals surface area contributed by atoms with E-state index in [-0.39, 0.29) is 18.4 Å². The Morgan fingerprint density at radius 2 is 2.00 bits per heavy atom. The van der Waals surface area contributed by atoms with Gasteiger partial charge in [-0.15, -0.1) is 0 Å². The summed E-state index contributed by atoms with van der Waals surface area (Å²) in [7, 11) is 0. The van der Waals surface area contributed by atoms with Gasteiger partial charge in [-0.05, 0) is 12.5 Å². The fourth-order valence-corrected chi connectivity index (χ4v) is 2.50. The van der Waals surface area contributed by atoms with Crippen molar-refractivity contribution in [2.45, 2.75) is 13.0 Å². The standard InChI is InChI=1S/C15H14N2O3/c18-7-3-6-17-9-12(10-4-1-2-5-13(10)17)11-8-14(19)16-15(11)20/h1-2,4-5,8-9,18H,3,6-7H2,(H,16,19,20). The van der Waals surface area contributed by atoms with E-state index in [1.54, 1.807) is 0 Å². The van der Waals surface area contributed by atoms with Crippen molar-refractivity contribution in [3.8, 4) is 0 Å². The third-order valence-corrected chi connectivity index (χ3v) is 3.39. The first kappa shape index (κ1) is 12.6. The van der Waals surface area contributed by atoms with Crippen molar-refractivity contribution in [3.05, 3.63) is 42.1 Å². The molecule has 2 heterocycles. The third kappa shape index (κ3) is 2.02. The van der Waals surface area contributed by atoms with E-state index >= 15 is 0 Å². The number of fused-ring (bicyclic) bond motifs is 1. The lowest BCUT2D eigenvalue weighted by Gasteiger charge is -2.02. The molecule has 102 valence electrons. The van der Waals surface area contributed by atoms with Crippen molar-refractivity contribution in [1.29, 1.82) is 0 Å². The van der Waals surface area contributed by atoms with Crippen LogP contribution in [-0.2, 0) is 16.1 Å². The Balaban J connectivity index is 2.14. The summed E-state index contributed by atoms with van der Waals surface area (Å²) in [6, 6.07) is 7.72. The Labute approximate surface area is 115 Å². The molecule has 1 aromatic carbocycles. The molecule has 0 radical (unpaired) electrons. The quantitative estimate of drug-likeness (QED) is 0.816. The maximum absolute atomic E-state index is 11.8. The number of aromatic nitrogens is 1. The van der Waals surface area contributed by atoms with E-state index in [1.807, 2.05) is 35.0 Å². The molecule has 3 rings (SSSR count). The molecule has 1 aliphatic heterocycles. The SMILES string of the molecule is O=C1C=C(c2cn(CCCO)c3ccccc23)C(=O)N1. The van der Waals surface area contributed by atoms with Crippen LogP contribution >= 0.6 is 0 Å². The number of aliphatic hydroxyl groups is 1. The minimum Gasteiger partial charge on any atom is -0.396 e. The number of carbonyl (C=O) groups excluding carboxylic acids is 2. The lowest BCUT2D eigenvalue weighted by atomic mass is 10.1. The normalized spacial score (nSPS) is 14.8. The largest absolute Gasteiger partial charge is 0.396 e. The summed E-state index contributed by atoms with van der Waals surface area (Å²) in [4.78, 5) is 23.1. The monoisotopic (exact) mass is 270 g/mol. The molecule has 2 aromatic rings. The van der Waals surface area contributed by atoms with Gasteiger partial charge in [-0.25, -0.2) is 0 Å². The summed E-state index contributed by atoms with van der Waals surface area (Å²) >= 11 is 0. The van der Waals surface area contributed by atoms with Crippen LogP contribution in [0.4, 0.5) is 0 Å². The van der Waals surface area contributed by atoms with E-state index in [9.17, 15) is 9.59 Å². The topological polar surface area (TPSA) is 71.3 Å². The Hall–Kier alpha value is -2.40. The van der Waals surface area contributed by atoms with Gasteiger partial charge in [-0.3, -0.25) is 14.9 Å². The maximum Gasteiger partial charge on any atom is 0.258 e. The molecule has 1 aliphatic rings. The van der Waals surface area contributed by atoms with Crippen LogP contribution in [0.1, 0.15) is 12.0 Å². The molecule has 0 saturated carbocycles. The van der Waals surface area contributed by atoms with Gasteiger partial charge in [0.05, 0.1) is 5.57 Å². The van der Waals surface area contributed by atoms with Gasteiger partial charge in [-0.1, -0.05) is 18.2 Å². The molecule has 1 aromatic heterocycles. The summed E-state index contributed by atoms with van der Waals surface area (Å²) in [5.74, 6) is -0.739. The molecular formula is C15H14N2O3. The molecule has 0 spiro atoms. The fraction of sp³-hybridized carbons (Fsp3) is 0.200. The number of amides is 2. The van der Waals surface area contributed by atoms with Gasteiger partial charge in [-0.2, -0.15) is 0 Å². The van der Waals surface area contributed by atoms with Crippen LogP contribution in [0.25, 0.3) is 16.5 Å². The molecule has 0 saturated heterocycles. The number of aliphatic hydroxyl groups excluding tert-OH is 1. The number of imide groups is 1. The van der Waals surface area contributed by atoms with E-state index in [0.717, 1.165) is 16.5 Å². The number of carbonyl (C=O) groups is 2. The molecule has 2 amide bonds. The van der Waals surface area contributed by atoms with Crippen molar-refractivity contribution < 1.29 is 14.7 Å². The Morgan fingerprint density at radius 3 is 2.70 bits per heavy atom. The number of hydrogen-bond acceptors (Lipinski definition) is 3. The lowest BCUT2D eigenvalue weighted by molar-refractivity contribution is -0.123. The van der Waals surface area contributed by atoms with Crippen LogP contribution in [0.5, 0.6) is 0 Å². The Bertz CT molecular complexity index is 728. The number of aryl methyl sites for hydroxylation is 1. The second-order valence-corrected chi connectivity index (χ2v) is 4.71. The summed E-state index contributed by atoms with van der Waals surface area (Å²) in [6.07, 6.45) is 3.84. The van der Waals surface area contributed by atoms with E-state index in [1.165, 1.54) is 6.08 Å². The van der Waals surface area contributed by atoms with E-state index in [4.69, 9.17) is 5.11 Å². The minimum atomic E-state index is -0.378. The zero-order chi connectivity index (χ0) is 14.1. The fourth-order valence-electron chi connectivity index (χ4n) is 2.50. The van der Waals surface area contributed by atoms with Crippen molar-refractivity contribution >= 4 is 28.3 Å². The maximum atomic E-state index is 11.8. The Morgan fingerprint density at radius 1 is 1.20 bits per heavy atom. The van der Waals surface area contributed by atoms with Gasteiger partial charge in [0.15, 0.2) is 0 Å². The highest BCUT2D eigenvalue weighted by molar-refractivity contribution is 6.35. The highest BCUT2D eigenvalue weighted by atomic mass is 16.3. The van der Waals surface area contributed by atoms with Gasteiger partial charge >= 0.3 is 0 Å². The number of benzene rings is 1. The van der Waals surface area contributed by atoms with E-state index in [0.29, 0.717) is 18.5 Å². The van der Waals surface area contributed by atoms with Crippen molar-refractivity contribution in [2.24, 2.45) is 0 Å². The van der Waals surface area contributed by atoms with Crippen LogP contribution in [0.15, 0.2) is 36.5 Å². The first-order valence-electron chi connectivity index (χ1n) is 6.47. The third-order valence-electron chi connectivity index (χ3n) is 3.39. The molecule has 5 nitrogen and oxygen atoms in total. The molecule has 20 heavy (non-hydrogen) atoms. The molecule has 0 aliphatic carbocycles. The molecule has 0 bridgehead atoms. The second-order valence-electron chi connectivity index (χ2n) is 4.71. The highest BCUT2D eigenvalue weighted by Crippen LogP contribution is 2.29. The smallest absolute Gasteiger partial charge is 0.258 e. The molecule has 2 N–H and O–H groups in total. The minimum absolute atomic E-state index is 0.115. The average Bonchev–Trinajstić information content (AvgIpc) is 2.97. The van der Waals surface area contributed by atoms with Gasteiger partial charge < -0.3 is 9.67 Å². The number of nitrogens with zero attached hydrogens (tertiary/aromatic N) is 1. The summed E-state index contributed by atoms with van der Waals surface area (Å²) in [5, 5.41) is 12.2. The number of para-hydroxylation sites is 1. The number of hydrogen-bond donors (Lipinski definition) is 2. The molecular weight excluding hydrogens is 256 g/mol. The predicted octanol–water partition coefficient (Wildman–Crippen LogP) is 1.06. The van der Waals surface area contributed by atoms with Crippen LogP contribution in [0, 0.1) is 0 Å². The summed E-state index contributed by atoms with van der Waals surface area (Å²) < 4.78 is 2.00. The average molecular weight is 270 g/mol. The Kier molecular flexibility index (Phi) is 3.12. The van der Waals surface area contributed by atoms with Gasteiger partial charge in [0, 0.05) is 41.9 Å². The van der Waals surface area contributed by atoms with Crippen LogP contribution < -0.4 is 5.32 Å². The van der Waals surface area contributed by atoms with Gasteiger partial charge in [0.25, 0.3) is 11.8 Å². The second kappa shape index (κ2) is 4.94. The van der Waals surface area contributed by atoms with E-state index in [2.05, 4.69) is 5.32 Å². The molecule has 0 unspecified atom stereocenters. The molecule has 5 heteroatoms. The van der Waals surface area contributed by atoms with Crippen LogP contribution in [-0.4, -0.2) is 28.1 Å². The lowest BCUT2D eigenvalue weighted by Crippen LogP contribution is -2.21. The molecule has 0 atom stereocenters. The summed E-state index contributed by atoms with van der Waals surface area (Å²) in [5.41, 5.74) is 2.14. The first-order valence-corrected chi connectivity index (χ1v) is 6.47. The van der Waals surface area contributed by atoms with Crippen molar-refractivity contribution in [1.82, 2.24) is 9.88 Å². The predicted molar refractivity (Wildman–Crippen MR) is 74.8 cm³/mol. The summed E-state index contributed by atoms with van der Waals surface area (Å²) in [6.45, 7) is 0.781. The zero-order valence-corrected chi connectivity index (χ0v) is 10.8. The van der Waals surface area contributed by atoms with E-state index < -0.39 is 0 Å². The number of rotatable bonds is 4. The van der Waals surface area contributed by atoms with Crippen LogP contribution in [0.3, 0.4) is 0 Å². The van der Waals surface area contributed by atoms with Crippen molar-refractivity contribution in [2.75, 3.05) is 6.61 Å².